The van der Waals surface area contributed by atoms with Crippen LogP contribution in [0.25, 0.3) is 0 Å². The first-order valence-corrected chi connectivity index (χ1v) is 9.68. The van der Waals surface area contributed by atoms with E-state index in [9.17, 15) is 0 Å². The van der Waals surface area contributed by atoms with Gasteiger partial charge in [-0.2, -0.15) is 0 Å². The third kappa shape index (κ3) is 2.90. The fraction of sp³-hybridized carbons (Fsp3) is 0.111. The first-order valence-electron chi connectivity index (χ1n) is 9.68. The zero-order valence-corrected chi connectivity index (χ0v) is 16.4. The summed E-state index contributed by atoms with van der Waals surface area (Å²) in [5, 5.41) is 0. The van der Waals surface area contributed by atoms with E-state index >= 15 is 0 Å². The van der Waals surface area contributed by atoms with Crippen molar-refractivity contribution in [3.05, 3.63) is 137 Å². The van der Waals surface area contributed by atoms with Gasteiger partial charge in [0.05, 0.1) is 5.41 Å². The third-order valence-electron chi connectivity index (χ3n) is 5.65. The van der Waals surface area contributed by atoms with Crippen LogP contribution in [0.4, 0.5) is 5.69 Å². The fourth-order valence-corrected chi connectivity index (χ4v) is 4.26. The molecule has 4 aromatic rings. The highest BCUT2D eigenvalue weighted by atomic mass is 14.6. The first-order chi connectivity index (χ1) is 13.6. The van der Waals surface area contributed by atoms with Crippen LogP contribution in [0.1, 0.15) is 33.4 Å². The van der Waals surface area contributed by atoms with Gasteiger partial charge in [-0.05, 0) is 47.2 Å². The molecule has 2 N–H and O–H groups in total. The first kappa shape index (κ1) is 18.1. The van der Waals surface area contributed by atoms with Crippen LogP contribution >= 0.6 is 0 Å². The third-order valence-corrected chi connectivity index (χ3v) is 5.65. The van der Waals surface area contributed by atoms with Crippen molar-refractivity contribution >= 4 is 5.69 Å². The van der Waals surface area contributed by atoms with Crippen LogP contribution < -0.4 is 5.73 Å². The average molecular weight is 364 g/mol. The summed E-state index contributed by atoms with van der Waals surface area (Å²) in [4.78, 5) is 0. The number of nitrogens with two attached hydrogens (primary N) is 1. The Kier molecular flexibility index (Phi) is 4.75. The SMILES string of the molecule is Cc1cc(C(c2ccccc2)(c2ccccc2)c2ccccc2)cc(C)c1N. The van der Waals surface area contributed by atoms with Crippen molar-refractivity contribution in [1.29, 1.82) is 0 Å². The maximum absolute atomic E-state index is 6.31. The maximum Gasteiger partial charge on any atom is 0.0701 e. The molecule has 0 saturated carbocycles. The van der Waals surface area contributed by atoms with Gasteiger partial charge in [0, 0.05) is 5.69 Å². The molecule has 1 nitrogen and oxygen atoms in total. The van der Waals surface area contributed by atoms with E-state index in [0.717, 1.165) is 16.8 Å². The van der Waals surface area contributed by atoms with Crippen LogP contribution in [0.15, 0.2) is 103 Å². The highest BCUT2D eigenvalue weighted by Gasteiger charge is 2.38. The molecule has 0 aromatic heterocycles. The molecular weight excluding hydrogens is 338 g/mol. The maximum atomic E-state index is 6.31. The lowest BCUT2D eigenvalue weighted by Crippen LogP contribution is -2.31. The van der Waals surface area contributed by atoms with Crippen LogP contribution in [-0.2, 0) is 5.41 Å². The second-order valence-electron chi connectivity index (χ2n) is 7.37. The monoisotopic (exact) mass is 363 g/mol. The van der Waals surface area contributed by atoms with Crippen LogP contribution in [0.2, 0.25) is 0 Å². The standard InChI is InChI=1S/C27H25N/c1-20-18-25(19-21(2)26(20)28)27(22-12-6-3-7-13-22,23-14-8-4-9-15-23)24-16-10-5-11-17-24/h3-19H,28H2,1-2H3. The molecule has 0 spiro atoms. The Morgan fingerprint density at radius 2 is 0.821 bits per heavy atom. The van der Waals surface area contributed by atoms with E-state index in [-0.39, 0.29) is 0 Å². The lowest BCUT2D eigenvalue weighted by atomic mass is 9.64. The molecule has 1 heteroatoms. The largest absolute Gasteiger partial charge is 0.398 e. The van der Waals surface area contributed by atoms with Crippen LogP contribution in [-0.4, -0.2) is 0 Å². The summed E-state index contributed by atoms with van der Waals surface area (Å²) in [7, 11) is 0. The fourth-order valence-electron chi connectivity index (χ4n) is 4.26. The van der Waals surface area contributed by atoms with E-state index in [4.69, 9.17) is 5.73 Å². The van der Waals surface area contributed by atoms with E-state index in [1.54, 1.807) is 0 Å². The molecule has 0 bridgehead atoms. The molecule has 0 saturated heterocycles. The summed E-state index contributed by atoms with van der Waals surface area (Å²) >= 11 is 0. The Labute approximate surface area is 167 Å². The summed E-state index contributed by atoms with van der Waals surface area (Å²) in [5.74, 6) is 0. The van der Waals surface area contributed by atoms with Gasteiger partial charge in [-0.25, -0.2) is 0 Å². The summed E-state index contributed by atoms with van der Waals surface area (Å²) in [6.07, 6.45) is 0. The Morgan fingerprint density at radius 3 is 1.14 bits per heavy atom. The molecule has 28 heavy (non-hydrogen) atoms. The smallest absolute Gasteiger partial charge is 0.0701 e. The highest BCUT2D eigenvalue weighted by molar-refractivity contribution is 5.64. The minimum atomic E-state index is -0.410. The minimum absolute atomic E-state index is 0.410. The van der Waals surface area contributed by atoms with Gasteiger partial charge in [-0.3, -0.25) is 0 Å². The minimum Gasteiger partial charge on any atom is -0.398 e. The number of anilines is 1. The van der Waals surface area contributed by atoms with Gasteiger partial charge in [0.2, 0.25) is 0 Å². The summed E-state index contributed by atoms with van der Waals surface area (Å²) < 4.78 is 0. The number of benzene rings is 4. The van der Waals surface area contributed by atoms with E-state index in [2.05, 4.69) is 117 Å². The number of hydrogen-bond acceptors (Lipinski definition) is 1. The Hall–Kier alpha value is -3.32. The number of hydrogen-bond donors (Lipinski definition) is 1. The van der Waals surface area contributed by atoms with Gasteiger partial charge in [0.1, 0.15) is 0 Å². The van der Waals surface area contributed by atoms with E-state index in [1.807, 2.05) is 0 Å². The molecule has 4 rings (SSSR count). The lowest BCUT2D eigenvalue weighted by molar-refractivity contribution is 0.743. The quantitative estimate of drug-likeness (QED) is 0.336. The van der Waals surface area contributed by atoms with Gasteiger partial charge in [-0.15, -0.1) is 0 Å². The van der Waals surface area contributed by atoms with E-state index < -0.39 is 5.41 Å². The Bertz CT molecular complexity index is 947. The second kappa shape index (κ2) is 7.36. The second-order valence-corrected chi connectivity index (χ2v) is 7.37. The molecule has 138 valence electrons. The van der Waals surface area contributed by atoms with Crippen molar-refractivity contribution in [3.8, 4) is 0 Å². The molecule has 4 aromatic carbocycles. The average Bonchev–Trinajstić information content (AvgIpc) is 2.75. The Balaban J connectivity index is 2.17. The van der Waals surface area contributed by atoms with Crippen molar-refractivity contribution in [2.45, 2.75) is 19.3 Å². The van der Waals surface area contributed by atoms with Crippen LogP contribution in [0.5, 0.6) is 0 Å². The van der Waals surface area contributed by atoms with E-state index in [1.165, 1.54) is 22.3 Å². The zero-order chi connectivity index (χ0) is 19.6. The van der Waals surface area contributed by atoms with E-state index in [0.29, 0.717) is 0 Å². The van der Waals surface area contributed by atoms with Gasteiger partial charge in [-0.1, -0.05) is 103 Å². The van der Waals surface area contributed by atoms with Crippen molar-refractivity contribution in [3.63, 3.8) is 0 Å². The Morgan fingerprint density at radius 1 is 0.500 bits per heavy atom. The lowest BCUT2D eigenvalue weighted by Gasteiger charge is -2.37. The van der Waals surface area contributed by atoms with Gasteiger partial charge in [0.25, 0.3) is 0 Å². The normalized spacial score (nSPS) is 11.4. The van der Waals surface area contributed by atoms with Crippen LogP contribution in [0, 0.1) is 13.8 Å². The molecule has 0 radical (unpaired) electrons. The zero-order valence-electron chi connectivity index (χ0n) is 16.4. The van der Waals surface area contributed by atoms with Crippen molar-refractivity contribution in [1.82, 2.24) is 0 Å². The molecule has 0 aliphatic heterocycles. The summed E-state index contributed by atoms with van der Waals surface area (Å²) in [6, 6.07) is 36.8. The summed E-state index contributed by atoms with van der Waals surface area (Å²) in [6.45, 7) is 4.19. The van der Waals surface area contributed by atoms with Crippen LogP contribution in [0.3, 0.4) is 0 Å². The topological polar surface area (TPSA) is 26.0 Å². The van der Waals surface area contributed by atoms with Crippen molar-refractivity contribution in [2.75, 3.05) is 5.73 Å². The molecule has 0 aliphatic carbocycles. The molecule has 0 heterocycles. The molecule has 0 aliphatic rings. The molecule has 0 unspecified atom stereocenters. The van der Waals surface area contributed by atoms with Crippen molar-refractivity contribution in [2.24, 2.45) is 0 Å². The number of rotatable bonds is 4. The predicted molar refractivity (Wildman–Crippen MR) is 119 cm³/mol. The van der Waals surface area contributed by atoms with Gasteiger partial charge < -0.3 is 5.73 Å². The predicted octanol–water partition coefficient (Wildman–Crippen LogP) is 6.27. The van der Waals surface area contributed by atoms with Gasteiger partial charge >= 0.3 is 0 Å². The molecular formula is C27H25N. The number of aryl methyl sites for hydroxylation is 2. The molecule has 0 atom stereocenters. The number of nitrogen functional groups attached to an aromatic ring is 1. The van der Waals surface area contributed by atoms with Gasteiger partial charge in [0.15, 0.2) is 0 Å². The molecule has 0 amide bonds. The summed E-state index contributed by atoms with van der Waals surface area (Å²) in [5.41, 5.74) is 14.0. The molecule has 0 fully saturated rings. The highest BCUT2D eigenvalue weighted by Crippen LogP contribution is 2.46. The van der Waals surface area contributed by atoms with Crippen molar-refractivity contribution < 1.29 is 0 Å².